The highest BCUT2D eigenvalue weighted by Crippen LogP contribution is 2.39. The topological polar surface area (TPSA) is 46.5 Å². The standard InChI is InChI=1S/C16H17F3O3.5FH/c1-2-3-4-6-10-7-5-8-11-9-12(15(20)21)14(16(17,18)19)22-13(10)11;;;;;/h5,7-9,14H,2-4,6H2,1H3,(H,20,21);5*1H. The van der Waals surface area contributed by atoms with Gasteiger partial charge < -0.3 is 9.84 Å². The molecule has 27 heavy (non-hydrogen) atoms. The van der Waals surface area contributed by atoms with Gasteiger partial charge in [-0.15, -0.1) is 0 Å². The van der Waals surface area contributed by atoms with Crippen molar-refractivity contribution in [3.05, 3.63) is 34.9 Å². The van der Waals surface area contributed by atoms with Crippen molar-refractivity contribution in [2.24, 2.45) is 0 Å². The molecule has 0 aromatic heterocycles. The summed E-state index contributed by atoms with van der Waals surface area (Å²) < 4.78 is 44.2. The predicted molar refractivity (Wildman–Crippen MR) is 88.3 cm³/mol. The van der Waals surface area contributed by atoms with Crippen LogP contribution in [0.15, 0.2) is 23.8 Å². The minimum absolute atomic E-state index is 0. The molecule has 1 N–H and O–H groups in total. The fourth-order valence-electron chi connectivity index (χ4n) is 2.47. The second-order valence-corrected chi connectivity index (χ2v) is 5.24. The van der Waals surface area contributed by atoms with Gasteiger partial charge in [-0.2, -0.15) is 13.2 Å². The molecule has 1 aliphatic heterocycles. The lowest BCUT2D eigenvalue weighted by atomic mass is 9.97. The lowest BCUT2D eigenvalue weighted by molar-refractivity contribution is -0.187. The number of aryl methyl sites for hydroxylation is 1. The van der Waals surface area contributed by atoms with Gasteiger partial charge in [0.1, 0.15) is 5.75 Å². The fraction of sp³-hybridized carbons (Fsp3) is 0.438. The Morgan fingerprint density at radius 1 is 1.11 bits per heavy atom. The van der Waals surface area contributed by atoms with Crippen LogP contribution in [0, 0.1) is 0 Å². The minimum Gasteiger partial charge on any atom is -0.478 e. The highest BCUT2D eigenvalue weighted by atomic mass is 19.4. The smallest absolute Gasteiger partial charge is 0.430 e. The van der Waals surface area contributed by atoms with Crippen LogP contribution < -0.4 is 4.74 Å². The molecule has 1 aromatic carbocycles. The molecule has 1 aliphatic rings. The molecule has 0 saturated carbocycles. The number of ether oxygens (including phenoxy) is 1. The van der Waals surface area contributed by atoms with Crippen molar-refractivity contribution in [2.75, 3.05) is 0 Å². The summed E-state index contributed by atoms with van der Waals surface area (Å²) in [6.45, 7) is 2.04. The van der Waals surface area contributed by atoms with E-state index >= 15 is 0 Å². The minimum atomic E-state index is -4.77. The largest absolute Gasteiger partial charge is 0.478 e. The molecule has 1 heterocycles. The number of carboxylic acids is 1. The lowest BCUT2D eigenvalue weighted by Crippen LogP contribution is -2.40. The van der Waals surface area contributed by atoms with Crippen LogP contribution in [0.4, 0.5) is 36.7 Å². The Labute approximate surface area is 150 Å². The zero-order valence-corrected chi connectivity index (χ0v) is 14.2. The Morgan fingerprint density at radius 2 is 1.70 bits per heavy atom. The average molecular weight is 414 g/mol. The van der Waals surface area contributed by atoms with Crippen LogP contribution >= 0.6 is 0 Å². The Balaban J connectivity index is -0.000000529. The molecule has 2 rings (SSSR count). The molecule has 0 spiro atoms. The molecule has 11 heteroatoms. The van der Waals surface area contributed by atoms with Crippen LogP contribution in [0.2, 0.25) is 0 Å². The van der Waals surface area contributed by atoms with E-state index in [2.05, 4.69) is 0 Å². The van der Waals surface area contributed by atoms with Crippen LogP contribution in [0.1, 0.15) is 37.3 Å². The van der Waals surface area contributed by atoms with E-state index in [-0.39, 0.29) is 29.3 Å². The predicted octanol–water partition coefficient (Wildman–Crippen LogP) is 4.97. The van der Waals surface area contributed by atoms with E-state index < -0.39 is 23.8 Å². The Bertz CT molecular complexity index is 602. The number of rotatable bonds is 5. The number of alkyl halides is 3. The van der Waals surface area contributed by atoms with Gasteiger partial charge in [0.25, 0.3) is 0 Å². The summed E-state index contributed by atoms with van der Waals surface area (Å²) in [7, 11) is 0. The first kappa shape index (κ1) is 32.4. The van der Waals surface area contributed by atoms with Crippen molar-refractivity contribution in [1.29, 1.82) is 0 Å². The monoisotopic (exact) mass is 414 g/mol. The molecular weight excluding hydrogens is 392 g/mol. The third-order valence-corrected chi connectivity index (χ3v) is 3.55. The Kier molecular flexibility index (Phi) is 15.5. The average Bonchev–Trinajstić information content (AvgIpc) is 2.45. The van der Waals surface area contributed by atoms with Gasteiger partial charge in [0.15, 0.2) is 0 Å². The number of para-hydroxylation sites is 1. The molecule has 0 bridgehead atoms. The molecule has 1 unspecified atom stereocenters. The van der Waals surface area contributed by atoms with Gasteiger partial charge in [-0.3, -0.25) is 23.5 Å². The van der Waals surface area contributed by atoms with Crippen LogP contribution in [-0.2, 0) is 11.2 Å². The molecule has 0 saturated heterocycles. The van der Waals surface area contributed by atoms with Crippen LogP contribution in [0.3, 0.4) is 0 Å². The number of carbonyl (C=O) groups is 1. The maximum atomic E-state index is 13.1. The van der Waals surface area contributed by atoms with E-state index in [0.29, 0.717) is 17.5 Å². The third kappa shape index (κ3) is 7.43. The first-order valence-electron chi connectivity index (χ1n) is 7.14. The second kappa shape index (κ2) is 12.9. The summed E-state index contributed by atoms with van der Waals surface area (Å²) in [5, 5.41) is 8.99. The van der Waals surface area contributed by atoms with E-state index in [1.807, 2.05) is 6.92 Å². The van der Waals surface area contributed by atoms with E-state index in [1.165, 1.54) is 0 Å². The van der Waals surface area contributed by atoms with Crippen molar-refractivity contribution in [3.63, 3.8) is 0 Å². The number of carboxylic acid groups (broad SMARTS) is 1. The van der Waals surface area contributed by atoms with Crippen molar-refractivity contribution in [1.82, 2.24) is 0 Å². The highest BCUT2D eigenvalue weighted by molar-refractivity contribution is 5.95. The van der Waals surface area contributed by atoms with Crippen molar-refractivity contribution < 1.29 is 51.3 Å². The van der Waals surface area contributed by atoms with Gasteiger partial charge in [-0.25, -0.2) is 4.79 Å². The van der Waals surface area contributed by atoms with Gasteiger partial charge in [-0.1, -0.05) is 38.0 Å². The number of benzene rings is 1. The summed E-state index contributed by atoms with van der Waals surface area (Å²) in [4.78, 5) is 11.1. The van der Waals surface area contributed by atoms with Gasteiger partial charge in [-0.05, 0) is 24.5 Å². The summed E-state index contributed by atoms with van der Waals surface area (Å²) >= 11 is 0. The van der Waals surface area contributed by atoms with Crippen molar-refractivity contribution >= 4 is 12.0 Å². The summed E-state index contributed by atoms with van der Waals surface area (Å²) in [5.41, 5.74) is 0.276. The molecule has 0 amide bonds. The summed E-state index contributed by atoms with van der Waals surface area (Å²) in [5.74, 6) is -1.48. The quantitative estimate of drug-likeness (QED) is 0.547. The van der Waals surface area contributed by atoms with Gasteiger partial charge in [0, 0.05) is 5.56 Å². The van der Waals surface area contributed by atoms with E-state index in [4.69, 9.17) is 9.84 Å². The van der Waals surface area contributed by atoms with E-state index in [0.717, 1.165) is 25.3 Å². The maximum absolute atomic E-state index is 13.1. The normalized spacial score (nSPS) is 14.2. The number of fused-ring (bicyclic) bond motifs is 1. The first-order valence-corrected chi connectivity index (χ1v) is 7.14. The molecule has 1 atom stereocenters. The zero-order chi connectivity index (χ0) is 16.3. The van der Waals surface area contributed by atoms with Gasteiger partial charge in [0.2, 0.25) is 6.10 Å². The molecule has 3 nitrogen and oxygen atoms in total. The van der Waals surface area contributed by atoms with Crippen molar-refractivity contribution in [3.8, 4) is 5.75 Å². The maximum Gasteiger partial charge on any atom is 0.430 e. The number of hydrogen-bond acceptors (Lipinski definition) is 2. The van der Waals surface area contributed by atoms with Crippen molar-refractivity contribution in [2.45, 2.75) is 44.9 Å². The van der Waals surface area contributed by atoms with Crippen LogP contribution in [0.25, 0.3) is 6.08 Å². The highest BCUT2D eigenvalue weighted by Gasteiger charge is 2.48. The zero-order valence-electron chi connectivity index (χ0n) is 14.2. The third-order valence-electron chi connectivity index (χ3n) is 3.55. The molecule has 160 valence electrons. The Morgan fingerprint density at radius 3 is 2.19 bits per heavy atom. The molecule has 0 aliphatic carbocycles. The number of halogens is 8. The number of aliphatic carboxylic acids is 1. The summed E-state index contributed by atoms with van der Waals surface area (Å²) in [6, 6.07) is 4.99. The molecule has 0 radical (unpaired) electrons. The SMILES string of the molecule is CCCCCc1cccc2c1OC(C(F)(F)F)C(C(=O)O)=C2.F.F.F.F.F. The van der Waals surface area contributed by atoms with E-state index in [9.17, 15) is 18.0 Å². The van der Waals surface area contributed by atoms with Crippen LogP contribution in [-0.4, -0.2) is 23.4 Å². The first-order chi connectivity index (χ1) is 10.3. The molecular formula is C16H22F8O3. The molecule has 0 fully saturated rings. The number of hydrogen-bond donors (Lipinski definition) is 1. The van der Waals surface area contributed by atoms with E-state index in [1.54, 1.807) is 18.2 Å². The number of unbranched alkanes of at least 4 members (excludes halogenated alkanes) is 2. The lowest BCUT2D eigenvalue weighted by Gasteiger charge is -2.28. The Hall–Kier alpha value is -2.33. The second-order valence-electron chi connectivity index (χ2n) is 5.24. The summed E-state index contributed by atoms with van der Waals surface area (Å²) in [6.07, 6.45) is -2.70. The van der Waals surface area contributed by atoms with Gasteiger partial charge in [0.05, 0.1) is 5.57 Å². The molecule has 1 aromatic rings. The van der Waals surface area contributed by atoms with Crippen LogP contribution in [0.5, 0.6) is 5.75 Å². The fourth-order valence-corrected chi connectivity index (χ4v) is 2.47. The van der Waals surface area contributed by atoms with Gasteiger partial charge >= 0.3 is 12.1 Å².